The van der Waals surface area contributed by atoms with Gasteiger partial charge in [0.25, 0.3) is 0 Å². The first kappa shape index (κ1) is 12.4. The van der Waals surface area contributed by atoms with Gasteiger partial charge in [0.05, 0.1) is 6.54 Å². The molecule has 0 aromatic carbocycles. The Morgan fingerprint density at radius 1 is 1.38 bits per heavy atom. The van der Waals surface area contributed by atoms with Gasteiger partial charge in [0.1, 0.15) is 5.84 Å². The van der Waals surface area contributed by atoms with Crippen molar-refractivity contribution in [3.05, 3.63) is 0 Å². The van der Waals surface area contributed by atoms with Crippen molar-refractivity contribution in [2.45, 2.75) is 20.3 Å². The quantitative estimate of drug-likeness (QED) is 0.646. The predicted octanol–water partition coefficient (Wildman–Crippen LogP) is 1.31. The maximum Gasteiger partial charge on any atom is 0.113 e. The fourth-order valence-electron chi connectivity index (χ4n) is 1.22. The first-order valence-electron chi connectivity index (χ1n) is 5.09. The lowest BCUT2D eigenvalue weighted by atomic mass is 10.3. The molecule has 0 N–H and O–H groups in total. The summed E-state index contributed by atoms with van der Waals surface area (Å²) in [7, 11) is 6.26. The second-order valence-corrected chi connectivity index (χ2v) is 3.31. The van der Waals surface area contributed by atoms with Gasteiger partial charge in [0.15, 0.2) is 0 Å². The van der Waals surface area contributed by atoms with Crippen molar-refractivity contribution in [1.29, 1.82) is 0 Å². The molecular weight excluding hydrogens is 162 g/mol. The van der Waals surface area contributed by atoms with Crippen LogP contribution in [0.25, 0.3) is 0 Å². The van der Waals surface area contributed by atoms with Crippen LogP contribution in [0, 0.1) is 0 Å². The first-order chi connectivity index (χ1) is 6.20. The Morgan fingerprint density at radius 2 is 2.00 bits per heavy atom. The highest BCUT2D eigenvalue weighted by atomic mass is 15.2. The topological polar surface area (TPSA) is 18.8 Å². The lowest BCUT2D eigenvalue weighted by Crippen LogP contribution is -2.38. The molecule has 0 saturated carbocycles. The van der Waals surface area contributed by atoms with E-state index < -0.39 is 0 Å². The van der Waals surface area contributed by atoms with Crippen LogP contribution in [0.5, 0.6) is 0 Å². The summed E-state index contributed by atoms with van der Waals surface area (Å²) >= 11 is 0. The average Bonchev–Trinajstić information content (AvgIpc) is 2.12. The summed E-state index contributed by atoms with van der Waals surface area (Å²) < 4.78 is 0. The molecule has 0 bridgehead atoms. The van der Waals surface area contributed by atoms with E-state index >= 15 is 0 Å². The molecule has 0 unspecified atom stereocenters. The molecule has 1 heterocycles. The van der Waals surface area contributed by atoms with Crippen molar-refractivity contribution in [2.75, 3.05) is 40.8 Å². The Kier molecular flexibility index (Phi) is 6.59. The number of hydrogen-bond acceptors (Lipinski definition) is 3. The zero-order valence-electron chi connectivity index (χ0n) is 9.67. The molecule has 1 aliphatic rings. The number of aliphatic imine (C=N–C) groups is 1. The third kappa shape index (κ3) is 4.88. The van der Waals surface area contributed by atoms with E-state index in [1.165, 1.54) is 12.3 Å². The predicted molar refractivity (Wildman–Crippen MR) is 59.5 cm³/mol. The fourth-order valence-corrected chi connectivity index (χ4v) is 1.22. The Labute approximate surface area is 82.4 Å². The Hall–Kier alpha value is -0.570. The summed E-state index contributed by atoms with van der Waals surface area (Å²) in [5, 5.41) is 0. The van der Waals surface area contributed by atoms with Crippen molar-refractivity contribution >= 4 is 5.84 Å². The standard InChI is InChI=1S/C8H17N3.C2H6/c1-10(2)7-8-9-5-4-6-11(8)3;1-2/h4-7H2,1-3H3;1-2H3. The van der Waals surface area contributed by atoms with Gasteiger partial charge >= 0.3 is 0 Å². The van der Waals surface area contributed by atoms with Gasteiger partial charge in [0.2, 0.25) is 0 Å². The molecule has 0 saturated heterocycles. The van der Waals surface area contributed by atoms with Crippen LogP contribution in [0.1, 0.15) is 20.3 Å². The lowest BCUT2D eigenvalue weighted by molar-refractivity contribution is 0.404. The summed E-state index contributed by atoms with van der Waals surface area (Å²) in [5.41, 5.74) is 0. The molecule has 78 valence electrons. The minimum atomic E-state index is 0.969. The van der Waals surface area contributed by atoms with Crippen LogP contribution < -0.4 is 0 Å². The van der Waals surface area contributed by atoms with Gasteiger partial charge in [-0.15, -0.1) is 0 Å². The summed E-state index contributed by atoms with van der Waals surface area (Å²) in [4.78, 5) is 8.84. The van der Waals surface area contributed by atoms with Crippen molar-refractivity contribution in [3.63, 3.8) is 0 Å². The third-order valence-corrected chi connectivity index (χ3v) is 1.84. The fraction of sp³-hybridized carbons (Fsp3) is 0.900. The molecule has 0 fully saturated rings. The largest absolute Gasteiger partial charge is 0.362 e. The minimum Gasteiger partial charge on any atom is -0.362 e. The van der Waals surface area contributed by atoms with Gasteiger partial charge in [0, 0.05) is 20.1 Å². The molecule has 3 heteroatoms. The van der Waals surface area contributed by atoms with Crippen molar-refractivity contribution < 1.29 is 0 Å². The van der Waals surface area contributed by atoms with Crippen molar-refractivity contribution in [1.82, 2.24) is 9.80 Å². The number of amidine groups is 1. The average molecular weight is 185 g/mol. The highest BCUT2D eigenvalue weighted by Gasteiger charge is 2.10. The Balaban J connectivity index is 0.000000671. The van der Waals surface area contributed by atoms with Crippen LogP contribution in [0.3, 0.4) is 0 Å². The van der Waals surface area contributed by atoms with Crippen LogP contribution in [0.4, 0.5) is 0 Å². The minimum absolute atomic E-state index is 0.969. The number of nitrogens with zero attached hydrogens (tertiary/aromatic N) is 3. The molecule has 0 atom stereocenters. The molecule has 0 spiro atoms. The second kappa shape index (κ2) is 6.89. The number of hydrogen-bond donors (Lipinski definition) is 0. The summed E-state index contributed by atoms with van der Waals surface area (Å²) in [6.07, 6.45) is 1.20. The van der Waals surface area contributed by atoms with Gasteiger partial charge in [-0.25, -0.2) is 0 Å². The zero-order chi connectivity index (χ0) is 10.3. The van der Waals surface area contributed by atoms with E-state index in [-0.39, 0.29) is 0 Å². The Bertz CT molecular complexity index is 152. The highest BCUT2D eigenvalue weighted by Crippen LogP contribution is 2.00. The van der Waals surface area contributed by atoms with Crippen molar-refractivity contribution in [3.8, 4) is 0 Å². The second-order valence-electron chi connectivity index (χ2n) is 3.31. The number of likely N-dealkylation sites (N-methyl/N-ethyl adjacent to an activating group) is 2. The zero-order valence-corrected chi connectivity index (χ0v) is 9.67. The van der Waals surface area contributed by atoms with Crippen molar-refractivity contribution in [2.24, 2.45) is 4.99 Å². The molecule has 1 rings (SSSR count). The van der Waals surface area contributed by atoms with Crippen LogP contribution in [0.2, 0.25) is 0 Å². The van der Waals surface area contributed by atoms with Gasteiger partial charge in [-0.05, 0) is 20.5 Å². The summed E-state index contributed by atoms with van der Waals surface area (Å²) in [6, 6.07) is 0. The van der Waals surface area contributed by atoms with E-state index in [1.807, 2.05) is 13.8 Å². The smallest absolute Gasteiger partial charge is 0.113 e. The third-order valence-electron chi connectivity index (χ3n) is 1.84. The van der Waals surface area contributed by atoms with Crippen LogP contribution in [-0.2, 0) is 0 Å². The highest BCUT2D eigenvalue weighted by molar-refractivity contribution is 5.84. The number of rotatable bonds is 2. The normalized spacial score (nSPS) is 16.5. The van der Waals surface area contributed by atoms with Crippen LogP contribution in [-0.4, -0.2) is 56.4 Å². The lowest BCUT2D eigenvalue weighted by Gasteiger charge is -2.26. The van der Waals surface area contributed by atoms with E-state index in [9.17, 15) is 0 Å². The molecule has 1 aliphatic heterocycles. The molecule has 13 heavy (non-hydrogen) atoms. The summed E-state index contributed by atoms with van der Waals surface area (Å²) in [5.74, 6) is 1.22. The molecular formula is C10H23N3. The maximum atomic E-state index is 4.45. The van der Waals surface area contributed by atoms with E-state index in [0.717, 1.165) is 19.6 Å². The maximum absolute atomic E-state index is 4.45. The first-order valence-corrected chi connectivity index (χ1v) is 5.09. The van der Waals surface area contributed by atoms with E-state index in [4.69, 9.17) is 0 Å². The molecule has 0 aromatic rings. The molecule has 3 nitrogen and oxygen atoms in total. The van der Waals surface area contributed by atoms with Gasteiger partial charge in [-0.3, -0.25) is 4.99 Å². The SMILES string of the molecule is CC.CN(C)CC1=NCCCN1C. The Morgan fingerprint density at radius 3 is 2.46 bits per heavy atom. The van der Waals surface area contributed by atoms with E-state index in [1.54, 1.807) is 0 Å². The van der Waals surface area contributed by atoms with E-state index in [0.29, 0.717) is 0 Å². The molecule has 0 aliphatic carbocycles. The van der Waals surface area contributed by atoms with Crippen LogP contribution >= 0.6 is 0 Å². The van der Waals surface area contributed by atoms with Crippen LogP contribution in [0.15, 0.2) is 4.99 Å². The summed E-state index contributed by atoms with van der Waals surface area (Å²) in [6.45, 7) is 7.14. The molecule has 0 radical (unpaired) electrons. The van der Waals surface area contributed by atoms with Gasteiger partial charge < -0.3 is 9.80 Å². The van der Waals surface area contributed by atoms with Gasteiger partial charge in [-0.1, -0.05) is 13.8 Å². The molecule has 0 amide bonds. The van der Waals surface area contributed by atoms with Gasteiger partial charge in [-0.2, -0.15) is 0 Å². The van der Waals surface area contributed by atoms with E-state index in [2.05, 4.69) is 35.9 Å². The molecule has 0 aromatic heterocycles. The monoisotopic (exact) mass is 185 g/mol.